The second-order valence-electron chi connectivity index (χ2n) is 9.48. The monoisotopic (exact) mass is 511 g/mol. The first-order valence-electron chi connectivity index (χ1n) is 12.4. The first-order valence-corrected chi connectivity index (χ1v) is 12.8. The number of hydrogen-bond donors (Lipinski definition) is 2. The third-order valence-electron chi connectivity index (χ3n) is 7.21. The van der Waals surface area contributed by atoms with Crippen molar-refractivity contribution in [3.63, 3.8) is 0 Å². The van der Waals surface area contributed by atoms with Gasteiger partial charge in [-0.25, -0.2) is 9.97 Å². The molecule has 37 heavy (non-hydrogen) atoms. The molecule has 9 heteroatoms. The number of benzene rings is 1. The molecule has 1 amide bonds. The summed E-state index contributed by atoms with van der Waals surface area (Å²) in [4.78, 5) is 33.1. The average Bonchev–Trinajstić information content (AvgIpc) is 3.25. The predicted molar refractivity (Wildman–Crippen MR) is 145 cm³/mol. The molecule has 2 saturated heterocycles. The highest BCUT2D eigenvalue weighted by atomic mass is 35.5. The summed E-state index contributed by atoms with van der Waals surface area (Å²) in [5, 5.41) is 7.04. The van der Waals surface area contributed by atoms with Gasteiger partial charge in [0.15, 0.2) is 0 Å². The van der Waals surface area contributed by atoms with Crippen LogP contribution in [0.3, 0.4) is 0 Å². The summed E-state index contributed by atoms with van der Waals surface area (Å²) < 4.78 is 0. The van der Waals surface area contributed by atoms with Crippen molar-refractivity contribution in [2.45, 2.75) is 19.3 Å². The van der Waals surface area contributed by atoms with Crippen LogP contribution in [0.2, 0.25) is 5.02 Å². The van der Waals surface area contributed by atoms with E-state index in [0.717, 1.165) is 54.9 Å². The fourth-order valence-electron chi connectivity index (χ4n) is 5.20. The van der Waals surface area contributed by atoms with Gasteiger partial charge in [-0.2, -0.15) is 0 Å². The van der Waals surface area contributed by atoms with Crippen LogP contribution in [-0.2, 0) is 4.79 Å². The molecular weight excluding hydrogens is 486 g/mol. The van der Waals surface area contributed by atoms with Crippen molar-refractivity contribution in [3.8, 4) is 22.5 Å². The number of nitrogens with zero attached hydrogens (tertiary/aromatic N) is 5. The van der Waals surface area contributed by atoms with E-state index in [1.54, 1.807) is 24.8 Å². The van der Waals surface area contributed by atoms with Gasteiger partial charge in [-0.15, -0.1) is 0 Å². The minimum absolute atomic E-state index is 0.200. The smallest absolute Gasteiger partial charge is 0.233 e. The van der Waals surface area contributed by atoms with Crippen molar-refractivity contribution in [1.82, 2.24) is 25.3 Å². The summed E-state index contributed by atoms with van der Waals surface area (Å²) in [5.74, 6) is 0.593. The fraction of sp³-hybridized carbons (Fsp3) is 0.250. The van der Waals surface area contributed by atoms with E-state index in [-0.39, 0.29) is 11.3 Å². The Morgan fingerprint density at radius 1 is 0.946 bits per heavy atom. The SMILES string of the molecule is O=C1N(c2cncc(Nc3ncc(Cl)c(-c4cccc(-c5ccccn5)c4)n3)c2)CCC12CCNCC2. The van der Waals surface area contributed by atoms with Gasteiger partial charge in [0.25, 0.3) is 0 Å². The highest BCUT2D eigenvalue weighted by Gasteiger charge is 2.47. The molecule has 0 unspecified atom stereocenters. The van der Waals surface area contributed by atoms with Crippen LogP contribution in [0, 0.1) is 5.41 Å². The van der Waals surface area contributed by atoms with Crippen LogP contribution < -0.4 is 15.5 Å². The van der Waals surface area contributed by atoms with Crippen molar-refractivity contribution in [2.75, 3.05) is 29.9 Å². The summed E-state index contributed by atoms with van der Waals surface area (Å²) in [6.07, 6.45) is 9.44. The zero-order chi connectivity index (χ0) is 25.2. The van der Waals surface area contributed by atoms with Gasteiger partial charge in [-0.1, -0.05) is 35.9 Å². The highest BCUT2D eigenvalue weighted by molar-refractivity contribution is 6.32. The van der Waals surface area contributed by atoms with E-state index in [2.05, 4.69) is 25.6 Å². The standard InChI is InChI=1S/C28H26ClN7O/c29-23-18-33-27(35-25(23)20-5-3-4-19(14-20)24-6-1-2-10-32-24)34-21-15-22(17-31-16-21)36-13-9-28(26(36)37)7-11-30-12-8-28/h1-6,10,14-18,30H,7-9,11-13H2,(H,33,34,35). The van der Waals surface area contributed by atoms with Gasteiger partial charge < -0.3 is 15.5 Å². The number of carbonyl (C=O) groups is 1. The predicted octanol–water partition coefficient (Wildman–Crippen LogP) is 5.10. The lowest BCUT2D eigenvalue weighted by molar-refractivity contribution is -0.126. The molecule has 2 aliphatic heterocycles. The first-order chi connectivity index (χ1) is 18.1. The first kappa shape index (κ1) is 23.5. The maximum atomic E-state index is 13.3. The molecule has 3 aromatic heterocycles. The molecule has 0 saturated carbocycles. The van der Waals surface area contributed by atoms with E-state index < -0.39 is 0 Å². The second kappa shape index (κ2) is 9.88. The third kappa shape index (κ3) is 4.65. The minimum Gasteiger partial charge on any atom is -0.323 e. The zero-order valence-corrected chi connectivity index (χ0v) is 20.9. The minimum atomic E-state index is -0.243. The Morgan fingerprint density at radius 3 is 2.65 bits per heavy atom. The van der Waals surface area contributed by atoms with Gasteiger partial charge in [0.05, 0.1) is 51.8 Å². The molecule has 0 radical (unpaired) electrons. The van der Waals surface area contributed by atoms with E-state index in [9.17, 15) is 4.79 Å². The topological polar surface area (TPSA) is 95.9 Å². The van der Waals surface area contributed by atoms with Crippen LogP contribution in [0.4, 0.5) is 17.3 Å². The van der Waals surface area contributed by atoms with E-state index in [0.29, 0.717) is 28.9 Å². The van der Waals surface area contributed by atoms with E-state index in [1.807, 2.05) is 53.4 Å². The van der Waals surface area contributed by atoms with Crippen molar-refractivity contribution >= 4 is 34.8 Å². The van der Waals surface area contributed by atoms with Gasteiger partial charge in [0.2, 0.25) is 11.9 Å². The molecule has 8 nitrogen and oxygen atoms in total. The van der Waals surface area contributed by atoms with Gasteiger partial charge in [0.1, 0.15) is 0 Å². The summed E-state index contributed by atoms with van der Waals surface area (Å²) in [6, 6.07) is 15.7. The van der Waals surface area contributed by atoms with Crippen LogP contribution in [0.1, 0.15) is 19.3 Å². The number of aromatic nitrogens is 4. The average molecular weight is 512 g/mol. The van der Waals surface area contributed by atoms with Crippen LogP contribution in [0.25, 0.3) is 22.5 Å². The molecule has 2 fully saturated rings. The molecule has 1 spiro atoms. The number of halogens is 1. The normalized spacial score (nSPS) is 16.8. The number of amides is 1. The van der Waals surface area contributed by atoms with Gasteiger partial charge >= 0.3 is 0 Å². The Balaban J connectivity index is 1.24. The van der Waals surface area contributed by atoms with Crippen molar-refractivity contribution in [3.05, 3.63) is 78.3 Å². The lowest BCUT2D eigenvalue weighted by atomic mass is 9.78. The lowest BCUT2D eigenvalue weighted by Gasteiger charge is -2.32. The molecule has 4 aromatic rings. The number of hydrogen-bond acceptors (Lipinski definition) is 7. The Morgan fingerprint density at radius 2 is 1.81 bits per heavy atom. The molecule has 0 bridgehead atoms. The number of nitrogens with one attached hydrogen (secondary N) is 2. The molecule has 2 N–H and O–H groups in total. The summed E-state index contributed by atoms with van der Waals surface area (Å²) >= 11 is 6.50. The van der Waals surface area contributed by atoms with Gasteiger partial charge in [-0.3, -0.25) is 14.8 Å². The molecule has 1 aromatic carbocycles. The maximum Gasteiger partial charge on any atom is 0.233 e. The van der Waals surface area contributed by atoms with Crippen LogP contribution in [0.5, 0.6) is 0 Å². The Labute approximate surface area is 220 Å². The number of carbonyl (C=O) groups excluding carboxylic acids is 1. The van der Waals surface area contributed by atoms with E-state index in [1.165, 1.54) is 0 Å². The Hall–Kier alpha value is -3.88. The number of piperidine rings is 1. The van der Waals surface area contributed by atoms with Gasteiger partial charge in [0, 0.05) is 23.9 Å². The van der Waals surface area contributed by atoms with Gasteiger partial charge in [-0.05, 0) is 56.6 Å². The largest absolute Gasteiger partial charge is 0.323 e. The Kier molecular flexibility index (Phi) is 6.28. The molecule has 0 atom stereocenters. The van der Waals surface area contributed by atoms with Crippen molar-refractivity contribution in [1.29, 1.82) is 0 Å². The quantitative estimate of drug-likeness (QED) is 0.384. The van der Waals surface area contributed by atoms with E-state index in [4.69, 9.17) is 16.6 Å². The molecule has 6 rings (SSSR count). The van der Waals surface area contributed by atoms with Crippen LogP contribution in [-0.4, -0.2) is 45.5 Å². The van der Waals surface area contributed by atoms with Crippen molar-refractivity contribution in [2.24, 2.45) is 5.41 Å². The van der Waals surface area contributed by atoms with Crippen LogP contribution >= 0.6 is 11.6 Å². The second-order valence-corrected chi connectivity index (χ2v) is 9.89. The third-order valence-corrected chi connectivity index (χ3v) is 7.48. The summed E-state index contributed by atoms with van der Waals surface area (Å²) in [7, 11) is 0. The zero-order valence-electron chi connectivity index (χ0n) is 20.2. The lowest BCUT2D eigenvalue weighted by Crippen LogP contribution is -2.42. The maximum absolute atomic E-state index is 13.3. The Bertz CT molecular complexity index is 1440. The molecule has 2 aliphatic rings. The number of rotatable bonds is 5. The molecule has 5 heterocycles. The molecular formula is C28H26ClN7O. The highest BCUT2D eigenvalue weighted by Crippen LogP contribution is 2.42. The fourth-order valence-corrected chi connectivity index (χ4v) is 5.40. The van der Waals surface area contributed by atoms with E-state index >= 15 is 0 Å². The number of anilines is 3. The van der Waals surface area contributed by atoms with Crippen LogP contribution in [0.15, 0.2) is 73.3 Å². The summed E-state index contributed by atoms with van der Waals surface area (Å²) in [6.45, 7) is 2.49. The number of pyridine rings is 2. The summed E-state index contributed by atoms with van der Waals surface area (Å²) in [5.41, 5.74) is 4.56. The molecule has 186 valence electrons. The molecule has 0 aliphatic carbocycles. The van der Waals surface area contributed by atoms with Crippen molar-refractivity contribution < 1.29 is 4.79 Å².